The molecule has 16 heteroatoms. The molecule has 0 spiro atoms. The number of nitrogens with two attached hydrogens (primary N) is 1. The van der Waals surface area contributed by atoms with Crippen molar-refractivity contribution in [3.63, 3.8) is 0 Å². The first-order valence-corrected chi connectivity index (χ1v) is 23.5. The smallest absolute Gasteiger partial charge is 0.412 e. The minimum Gasteiger partial charge on any atom is -0.444 e. The zero-order chi connectivity index (χ0) is 50.2. The molecule has 69 heavy (non-hydrogen) atoms. The number of primary amides is 1. The van der Waals surface area contributed by atoms with Crippen LogP contribution < -0.4 is 31.7 Å². The van der Waals surface area contributed by atoms with E-state index in [4.69, 9.17) is 19.9 Å². The fourth-order valence-electron chi connectivity index (χ4n) is 7.19. The topological polar surface area (TPSA) is 207 Å². The number of ether oxygens (including phenoxy) is 3. The van der Waals surface area contributed by atoms with E-state index in [9.17, 15) is 28.8 Å². The first kappa shape index (κ1) is 52.6. The van der Waals surface area contributed by atoms with Crippen LogP contribution in [0.4, 0.5) is 20.1 Å². The molecule has 6 N–H and O–H groups in total. The predicted molar refractivity (Wildman–Crippen MR) is 268 cm³/mol. The Morgan fingerprint density at radius 2 is 1.10 bits per heavy atom. The van der Waals surface area contributed by atoms with E-state index < -0.39 is 70.1 Å². The summed E-state index contributed by atoms with van der Waals surface area (Å²) in [6, 6.07) is 41.3. The van der Waals surface area contributed by atoms with Crippen LogP contribution >= 0.6 is 11.8 Å². The van der Waals surface area contributed by atoms with E-state index >= 15 is 0 Å². The van der Waals surface area contributed by atoms with Crippen LogP contribution in [0, 0.1) is 0 Å². The van der Waals surface area contributed by atoms with Gasteiger partial charge in [0.25, 0.3) is 0 Å². The molecular formula is C53H62N6O9S. The maximum atomic E-state index is 14.3. The summed E-state index contributed by atoms with van der Waals surface area (Å²) in [5.41, 5.74) is 8.34. The monoisotopic (exact) mass is 958 g/mol. The molecule has 0 aliphatic heterocycles. The zero-order valence-corrected chi connectivity index (χ0v) is 40.8. The molecule has 1 unspecified atom stereocenters. The van der Waals surface area contributed by atoms with Crippen molar-refractivity contribution in [2.75, 3.05) is 24.7 Å². The number of thioether (sulfide) groups is 1. The largest absolute Gasteiger partial charge is 0.444 e. The molecule has 0 aliphatic rings. The summed E-state index contributed by atoms with van der Waals surface area (Å²) in [4.78, 5) is 81.1. The van der Waals surface area contributed by atoms with E-state index in [0.717, 1.165) is 21.6 Å². The van der Waals surface area contributed by atoms with Gasteiger partial charge in [0.2, 0.25) is 17.7 Å². The molecule has 0 bridgehead atoms. The summed E-state index contributed by atoms with van der Waals surface area (Å²) in [6.07, 6.45) is -2.43. The average Bonchev–Trinajstić information content (AvgIpc) is 3.30. The van der Waals surface area contributed by atoms with E-state index in [1.807, 2.05) is 97.1 Å². The van der Waals surface area contributed by atoms with Gasteiger partial charge in [0.05, 0.1) is 4.75 Å². The van der Waals surface area contributed by atoms with Crippen molar-refractivity contribution in [3.05, 3.63) is 168 Å². The molecule has 364 valence electrons. The van der Waals surface area contributed by atoms with Gasteiger partial charge in [-0.25, -0.2) is 14.4 Å². The number of alkyl carbamates (subject to hydrolysis) is 1. The highest BCUT2D eigenvalue weighted by molar-refractivity contribution is 8.00. The molecule has 0 heterocycles. The molecule has 5 rings (SSSR count). The summed E-state index contributed by atoms with van der Waals surface area (Å²) in [7, 11) is 1.40. The Morgan fingerprint density at radius 1 is 0.609 bits per heavy atom. The van der Waals surface area contributed by atoms with Gasteiger partial charge in [-0.2, -0.15) is 0 Å². The van der Waals surface area contributed by atoms with Gasteiger partial charge in [-0.15, -0.1) is 11.8 Å². The van der Waals surface area contributed by atoms with E-state index in [-0.39, 0.29) is 30.9 Å². The second-order valence-electron chi connectivity index (χ2n) is 18.2. The summed E-state index contributed by atoms with van der Waals surface area (Å²) in [5, 5.41) is 10.9. The van der Waals surface area contributed by atoms with Gasteiger partial charge < -0.3 is 41.2 Å². The lowest BCUT2D eigenvalue weighted by atomic mass is 9.84. The van der Waals surface area contributed by atoms with Crippen LogP contribution in [0.3, 0.4) is 0 Å². The Labute approximate surface area is 408 Å². The fourth-order valence-corrected chi connectivity index (χ4v) is 8.77. The van der Waals surface area contributed by atoms with E-state index in [0.29, 0.717) is 11.3 Å². The van der Waals surface area contributed by atoms with Gasteiger partial charge in [0.15, 0.2) is 0 Å². The van der Waals surface area contributed by atoms with E-state index in [1.54, 1.807) is 77.9 Å². The fraction of sp³-hybridized carbons (Fsp3) is 0.321. The van der Waals surface area contributed by atoms with Gasteiger partial charge in [0.1, 0.15) is 35.1 Å². The number of benzene rings is 5. The lowest BCUT2D eigenvalue weighted by Gasteiger charge is -2.36. The van der Waals surface area contributed by atoms with Crippen LogP contribution in [0.25, 0.3) is 0 Å². The number of carbonyl (C=O) groups is 6. The SMILES string of the molecule is CN(C(=O)OC(C)(C)C)C(CCNC(=O)Oc1ccc(C[C@H](NC(=O)OC(C)(C)C)C(=O)Nc2ccccc2)cc1)C(=O)N[C@@H](CSC(c1ccccc1)(c1ccccc1)c1ccccc1)C(N)=O. The normalized spacial score (nSPS) is 12.8. The van der Waals surface area contributed by atoms with Crippen molar-refractivity contribution >= 4 is 53.5 Å². The van der Waals surface area contributed by atoms with Gasteiger partial charge >= 0.3 is 18.3 Å². The maximum Gasteiger partial charge on any atom is 0.412 e. The highest BCUT2D eigenvalue weighted by atomic mass is 32.2. The van der Waals surface area contributed by atoms with Crippen LogP contribution in [0.1, 0.15) is 70.2 Å². The Bertz CT molecular complexity index is 2390. The van der Waals surface area contributed by atoms with Gasteiger partial charge in [-0.05, 0) is 94.5 Å². The summed E-state index contributed by atoms with van der Waals surface area (Å²) in [6.45, 7) is 10.1. The molecule has 6 amide bonds. The number of likely N-dealkylation sites (N-methyl/N-ethyl adjacent to an activating group) is 1. The highest BCUT2D eigenvalue weighted by Gasteiger charge is 2.39. The quantitative estimate of drug-likeness (QED) is 0.0502. The lowest BCUT2D eigenvalue weighted by Crippen LogP contribution is -2.55. The van der Waals surface area contributed by atoms with Crippen LogP contribution in [-0.4, -0.2) is 89.6 Å². The summed E-state index contributed by atoms with van der Waals surface area (Å²) in [5.74, 6) is -1.72. The number of hydrogen-bond acceptors (Lipinski definition) is 10. The maximum absolute atomic E-state index is 14.3. The van der Waals surface area contributed by atoms with E-state index in [2.05, 4.69) is 21.3 Å². The standard InChI is InChI=1S/C53H62N6O9S/c1-51(2,3)67-49(64)58-42(46(61)56-40-26-18-11-19-27-40)34-36-28-30-41(31-29-36)66-48(63)55-33-32-44(59(7)50(65)68-52(4,5)6)47(62)57-43(45(54)60)35-69-53(37-20-12-8-13-21-37,38-22-14-9-15-23-38)39-24-16-10-17-25-39/h8-31,42-44H,32-35H2,1-7H3,(H2,54,60)(H,55,63)(H,56,61)(H,57,62)(H,58,64)/t42-,43-,44?/m0/s1. The Balaban J connectivity index is 1.27. The van der Waals surface area contributed by atoms with Crippen LogP contribution in [0.15, 0.2) is 146 Å². The molecule has 0 radical (unpaired) electrons. The van der Waals surface area contributed by atoms with Crippen LogP contribution in [0.2, 0.25) is 0 Å². The molecule has 0 aromatic heterocycles. The molecule has 15 nitrogen and oxygen atoms in total. The van der Waals surface area contributed by atoms with Crippen molar-refractivity contribution in [1.82, 2.24) is 20.9 Å². The molecule has 0 aliphatic carbocycles. The summed E-state index contributed by atoms with van der Waals surface area (Å²) >= 11 is 1.44. The van der Waals surface area contributed by atoms with Crippen molar-refractivity contribution in [3.8, 4) is 5.75 Å². The number of hydrogen-bond donors (Lipinski definition) is 5. The number of nitrogens with zero attached hydrogens (tertiary/aromatic N) is 1. The third-order valence-corrected chi connectivity index (χ3v) is 12.1. The molecule has 3 atom stereocenters. The highest BCUT2D eigenvalue weighted by Crippen LogP contribution is 2.48. The third kappa shape index (κ3) is 15.9. The number of para-hydroxylation sites is 1. The second-order valence-corrected chi connectivity index (χ2v) is 19.4. The van der Waals surface area contributed by atoms with Gasteiger partial charge in [0, 0.05) is 31.5 Å². The Morgan fingerprint density at radius 3 is 1.58 bits per heavy atom. The minimum atomic E-state index is -1.23. The number of anilines is 1. The lowest BCUT2D eigenvalue weighted by molar-refractivity contribution is -0.130. The summed E-state index contributed by atoms with van der Waals surface area (Å²) < 4.78 is 15.7. The van der Waals surface area contributed by atoms with Gasteiger partial charge in [-0.3, -0.25) is 19.3 Å². The molecule has 5 aromatic carbocycles. The molecule has 0 saturated carbocycles. The molecular weight excluding hydrogens is 897 g/mol. The number of rotatable bonds is 19. The number of amides is 6. The van der Waals surface area contributed by atoms with Crippen molar-refractivity contribution < 1.29 is 43.0 Å². The average molecular weight is 959 g/mol. The number of nitrogens with one attached hydrogen (secondary N) is 4. The first-order chi connectivity index (χ1) is 32.7. The molecule has 0 saturated heterocycles. The third-order valence-electron chi connectivity index (χ3n) is 10.4. The zero-order valence-electron chi connectivity index (χ0n) is 40.0. The van der Waals surface area contributed by atoms with Crippen molar-refractivity contribution in [2.24, 2.45) is 5.73 Å². The van der Waals surface area contributed by atoms with Crippen LogP contribution in [-0.2, 0) is 35.0 Å². The minimum absolute atomic E-state index is 0.0494. The Hall–Kier alpha value is -7.33. The number of carbonyl (C=O) groups excluding carboxylic acids is 6. The first-order valence-electron chi connectivity index (χ1n) is 22.5. The van der Waals surface area contributed by atoms with Gasteiger partial charge in [-0.1, -0.05) is 121 Å². The predicted octanol–water partition coefficient (Wildman–Crippen LogP) is 8.17. The Kier molecular flexibility index (Phi) is 18.4. The van der Waals surface area contributed by atoms with Crippen LogP contribution in [0.5, 0.6) is 5.75 Å². The second kappa shape index (κ2) is 24.1. The van der Waals surface area contributed by atoms with Crippen molar-refractivity contribution in [2.45, 2.75) is 88.5 Å². The molecule has 5 aromatic rings. The van der Waals surface area contributed by atoms with Crippen molar-refractivity contribution in [1.29, 1.82) is 0 Å². The van der Waals surface area contributed by atoms with E-state index in [1.165, 1.54) is 30.9 Å². The molecule has 0 fully saturated rings.